The summed E-state index contributed by atoms with van der Waals surface area (Å²) < 4.78 is 15.4. The minimum Gasteiger partial charge on any atom is -0.490 e. The fourth-order valence-electron chi connectivity index (χ4n) is 2.56. The Bertz CT molecular complexity index is 669. The van der Waals surface area contributed by atoms with Gasteiger partial charge < -0.3 is 24.6 Å². The lowest BCUT2D eigenvalue weighted by Gasteiger charge is -2.26. The van der Waals surface area contributed by atoms with E-state index in [1.165, 1.54) is 25.3 Å². The summed E-state index contributed by atoms with van der Waals surface area (Å²) in [7, 11) is 1.29. The summed E-state index contributed by atoms with van der Waals surface area (Å²) in [6.07, 6.45) is 0.153. The summed E-state index contributed by atoms with van der Waals surface area (Å²) in [5.41, 5.74) is -1.16. The number of hydrogen-bond donors (Lipinski definition) is 2. The van der Waals surface area contributed by atoms with Gasteiger partial charge in [0.1, 0.15) is 5.75 Å². The Morgan fingerprint density at radius 3 is 2.80 bits per heavy atom. The molecule has 1 aromatic carbocycles. The van der Waals surface area contributed by atoms with E-state index in [9.17, 15) is 19.7 Å². The molecule has 1 aliphatic rings. The quantitative estimate of drug-likeness (QED) is 0.515. The maximum Gasteiger partial charge on any atom is 0.311 e. The van der Waals surface area contributed by atoms with Crippen LogP contribution >= 0.6 is 0 Å². The van der Waals surface area contributed by atoms with Gasteiger partial charge in [-0.1, -0.05) is 0 Å². The van der Waals surface area contributed by atoms with Crippen LogP contribution in [0.3, 0.4) is 0 Å². The van der Waals surface area contributed by atoms with E-state index in [2.05, 4.69) is 5.32 Å². The van der Waals surface area contributed by atoms with Crippen LogP contribution < -0.4 is 14.8 Å². The van der Waals surface area contributed by atoms with Crippen molar-refractivity contribution >= 4 is 17.6 Å². The molecule has 1 fully saturated rings. The zero-order valence-corrected chi connectivity index (χ0v) is 13.5. The highest BCUT2D eigenvalue weighted by Gasteiger charge is 2.38. The number of nitro benzene ring substituents is 1. The van der Waals surface area contributed by atoms with Gasteiger partial charge in [0.05, 0.1) is 30.6 Å². The number of nitrogens with one attached hydrogen (secondary N) is 1. The third-order valence-electron chi connectivity index (χ3n) is 3.72. The van der Waals surface area contributed by atoms with Crippen LogP contribution in [0.5, 0.6) is 11.5 Å². The molecule has 0 bridgehead atoms. The van der Waals surface area contributed by atoms with E-state index >= 15 is 0 Å². The van der Waals surface area contributed by atoms with Crippen molar-refractivity contribution < 1.29 is 33.8 Å². The van der Waals surface area contributed by atoms with Crippen molar-refractivity contribution in [2.75, 3.05) is 26.9 Å². The summed E-state index contributed by atoms with van der Waals surface area (Å²) >= 11 is 0. The summed E-state index contributed by atoms with van der Waals surface area (Å²) in [5, 5.41) is 22.5. The number of nitrogens with zero attached hydrogens (tertiary/aromatic N) is 1. The molecule has 2 rings (SSSR count). The normalized spacial score (nSPS) is 19.2. The number of carboxylic acids is 1. The minimum absolute atomic E-state index is 0.00875. The second-order valence-corrected chi connectivity index (χ2v) is 5.58. The number of carbonyl (C=O) groups excluding carboxylic acids is 1. The predicted molar refractivity (Wildman–Crippen MR) is 83.7 cm³/mol. The molecule has 0 spiro atoms. The number of ether oxygens (including phenoxy) is 3. The van der Waals surface area contributed by atoms with Crippen molar-refractivity contribution in [2.45, 2.75) is 18.4 Å². The molecule has 136 valence electrons. The molecule has 0 saturated carbocycles. The average molecular weight is 354 g/mol. The zero-order valence-electron chi connectivity index (χ0n) is 13.5. The van der Waals surface area contributed by atoms with E-state index in [1.54, 1.807) is 0 Å². The first-order valence-corrected chi connectivity index (χ1v) is 7.41. The Morgan fingerprint density at radius 1 is 1.48 bits per heavy atom. The van der Waals surface area contributed by atoms with Crippen LogP contribution in [0.15, 0.2) is 18.2 Å². The minimum atomic E-state index is -1.04. The van der Waals surface area contributed by atoms with Crippen molar-refractivity contribution in [3.05, 3.63) is 28.3 Å². The molecule has 0 aromatic heterocycles. The standard InChI is InChI=1S/C15H18N2O8/c1-23-12-6-10(2-3-11(12)17(21)22)25-8-13(18)16-15(7-14(19)20)4-5-24-9-15/h2-3,6H,4-5,7-9H2,1H3,(H,16,18)(H,19,20). The van der Waals surface area contributed by atoms with Crippen LogP contribution in [-0.2, 0) is 14.3 Å². The lowest BCUT2D eigenvalue weighted by atomic mass is 9.94. The number of rotatable bonds is 8. The van der Waals surface area contributed by atoms with Crippen molar-refractivity contribution in [1.82, 2.24) is 5.32 Å². The third-order valence-corrected chi connectivity index (χ3v) is 3.72. The Morgan fingerprint density at radius 2 is 2.24 bits per heavy atom. The molecule has 10 nitrogen and oxygen atoms in total. The Hall–Kier alpha value is -2.88. The Kier molecular flexibility index (Phi) is 5.75. The third kappa shape index (κ3) is 4.80. The largest absolute Gasteiger partial charge is 0.490 e. The highest BCUT2D eigenvalue weighted by atomic mass is 16.6. The van der Waals surface area contributed by atoms with Crippen molar-refractivity contribution in [3.63, 3.8) is 0 Å². The summed E-state index contributed by atoms with van der Waals surface area (Å²) in [4.78, 5) is 33.3. The topological polar surface area (TPSA) is 137 Å². The van der Waals surface area contributed by atoms with Gasteiger partial charge in [-0.15, -0.1) is 0 Å². The number of aliphatic carboxylic acids is 1. The van der Waals surface area contributed by atoms with Crippen LogP contribution in [-0.4, -0.2) is 54.4 Å². The number of nitro groups is 1. The van der Waals surface area contributed by atoms with Crippen LogP contribution in [0.4, 0.5) is 5.69 Å². The molecule has 1 unspecified atom stereocenters. The van der Waals surface area contributed by atoms with Crippen LogP contribution in [0.1, 0.15) is 12.8 Å². The predicted octanol–water partition coefficient (Wildman–Crippen LogP) is 0.732. The van der Waals surface area contributed by atoms with Gasteiger partial charge in [0.2, 0.25) is 5.75 Å². The number of carbonyl (C=O) groups is 2. The molecule has 2 N–H and O–H groups in total. The van der Waals surface area contributed by atoms with Gasteiger partial charge in [-0.25, -0.2) is 0 Å². The summed E-state index contributed by atoms with van der Waals surface area (Å²) in [5.74, 6) is -1.32. The zero-order chi connectivity index (χ0) is 18.4. The van der Waals surface area contributed by atoms with Crippen LogP contribution in [0, 0.1) is 10.1 Å². The fourth-order valence-corrected chi connectivity index (χ4v) is 2.56. The Balaban J connectivity index is 1.97. The highest BCUT2D eigenvalue weighted by Crippen LogP contribution is 2.30. The molecule has 1 aliphatic heterocycles. The summed E-state index contributed by atoms with van der Waals surface area (Å²) in [6.45, 7) is 0.118. The second-order valence-electron chi connectivity index (χ2n) is 5.58. The van der Waals surface area contributed by atoms with Crippen molar-refractivity contribution in [3.8, 4) is 11.5 Å². The molecule has 1 amide bonds. The molecule has 10 heteroatoms. The molecule has 0 aliphatic carbocycles. The number of carboxylic acid groups (broad SMARTS) is 1. The van der Waals surface area contributed by atoms with E-state index in [4.69, 9.17) is 19.3 Å². The van der Waals surface area contributed by atoms with Crippen molar-refractivity contribution in [2.24, 2.45) is 0 Å². The number of hydrogen-bond acceptors (Lipinski definition) is 7. The highest BCUT2D eigenvalue weighted by molar-refractivity contribution is 5.79. The van der Waals surface area contributed by atoms with E-state index in [1.807, 2.05) is 0 Å². The SMILES string of the molecule is COc1cc(OCC(=O)NC2(CC(=O)O)CCOC2)ccc1[N+](=O)[O-]. The Labute approximate surface area is 142 Å². The molecule has 1 atom stereocenters. The lowest BCUT2D eigenvalue weighted by molar-refractivity contribution is -0.385. The van der Waals surface area contributed by atoms with Gasteiger partial charge in [-0.2, -0.15) is 0 Å². The van der Waals surface area contributed by atoms with Gasteiger partial charge in [0, 0.05) is 18.7 Å². The first-order chi connectivity index (χ1) is 11.8. The smallest absolute Gasteiger partial charge is 0.311 e. The van der Waals surface area contributed by atoms with E-state index in [0.29, 0.717) is 13.0 Å². The lowest BCUT2D eigenvalue weighted by Crippen LogP contribution is -2.51. The molecular weight excluding hydrogens is 336 g/mol. The van der Waals surface area contributed by atoms with E-state index in [-0.39, 0.29) is 36.8 Å². The number of methoxy groups -OCH3 is 1. The fraction of sp³-hybridized carbons (Fsp3) is 0.467. The molecule has 0 radical (unpaired) electrons. The van der Waals surface area contributed by atoms with Gasteiger partial charge in [0.15, 0.2) is 6.61 Å². The van der Waals surface area contributed by atoms with Crippen molar-refractivity contribution in [1.29, 1.82) is 0 Å². The average Bonchev–Trinajstić information content (AvgIpc) is 2.99. The van der Waals surface area contributed by atoms with E-state index < -0.39 is 22.3 Å². The number of benzene rings is 1. The first kappa shape index (κ1) is 18.5. The van der Waals surface area contributed by atoms with Gasteiger partial charge in [-0.05, 0) is 12.5 Å². The molecule has 1 heterocycles. The molecule has 1 aromatic rings. The van der Waals surface area contributed by atoms with Gasteiger partial charge in [-0.3, -0.25) is 19.7 Å². The first-order valence-electron chi connectivity index (χ1n) is 7.41. The molecule has 25 heavy (non-hydrogen) atoms. The molecule has 1 saturated heterocycles. The van der Waals surface area contributed by atoms with Gasteiger partial charge >= 0.3 is 11.7 Å². The maximum absolute atomic E-state index is 12.1. The van der Waals surface area contributed by atoms with E-state index in [0.717, 1.165) is 0 Å². The van der Waals surface area contributed by atoms with Crippen LogP contribution in [0.2, 0.25) is 0 Å². The second kappa shape index (κ2) is 7.79. The molecular formula is C15H18N2O8. The number of amides is 1. The monoisotopic (exact) mass is 354 g/mol. The maximum atomic E-state index is 12.1. The van der Waals surface area contributed by atoms with Gasteiger partial charge in [0.25, 0.3) is 5.91 Å². The summed E-state index contributed by atoms with van der Waals surface area (Å²) in [6, 6.07) is 3.86. The van der Waals surface area contributed by atoms with Crippen LogP contribution in [0.25, 0.3) is 0 Å².